The van der Waals surface area contributed by atoms with E-state index in [1.807, 2.05) is 18.6 Å². The van der Waals surface area contributed by atoms with Crippen LogP contribution in [0.25, 0.3) is 0 Å². The Balaban J connectivity index is 2.51. The van der Waals surface area contributed by atoms with Crippen molar-refractivity contribution in [2.75, 3.05) is 0 Å². The first-order valence-electron chi connectivity index (χ1n) is 5.07. The van der Waals surface area contributed by atoms with Gasteiger partial charge in [-0.15, -0.1) is 11.3 Å². The lowest BCUT2D eigenvalue weighted by molar-refractivity contribution is 0.0997. The van der Waals surface area contributed by atoms with Crippen molar-refractivity contribution in [3.63, 3.8) is 0 Å². The SMILES string of the molecule is Cc1[nH]c(=O)c(Br)cc1C(=O)N=c1sccn1C. The minimum Gasteiger partial charge on any atom is -0.327 e. The Labute approximate surface area is 115 Å². The zero-order chi connectivity index (χ0) is 13.3. The van der Waals surface area contributed by atoms with Gasteiger partial charge in [0.15, 0.2) is 4.80 Å². The van der Waals surface area contributed by atoms with Gasteiger partial charge in [-0.05, 0) is 28.9 Å². The number of hydrogen-bond acceptors (Lipinski definition) is 3. The molecule has 0 aliphatic heterocycles. The second-order valence-electron chi connectivity index (χ2n) is 3.70. The molecule has 1 amide bonds. The summed E-state index contributed by atoms with van der Waals surface area (Å²) in [5.41, 5.74) is 0.636. The fraction of sp³-hybridized carbons (Fsp3) is 0.182. The van der Waals surface area contributed by atoms with Crippen LogP contribution in [0.2, 0.25) is 0 Å². The average Bonchev–Trinajstić information content (AvgIpc) is 2.69. The van der Waals surface area contributed by atoms with Crippen molar-refractivity contribution < 1.29 is 4.79 Å². The first kappa shape index (κ1) is 13.0. The van der Waals surface area contributed by atoms with Crippen LogP contribution >= 0.6 is 27.3 Å². The van der Waals surface area contributed by atoms with Gasteiger partial charge in [-0.3, -0.25) is 9.59 Å². The standard InChI is InChI=1S/C11H10BrN3O2S/c1-6-7(5-8(12)10(17)13-6)9(16)14-11-15(2)3-4-18-11/h3-5H,1-2H3,(H,13,17). The van der Waals surface area contributed by atoms with Crippen molar-refractivity contribution in [1.82, 2.24) is 9.55 Å². The zero-order valence-corrected chi connectivity index (χ0v) is 12.1. The molecule has 2 rings (SSSR count). The molecule has 0 fully saturated rings. The van der Waals surface area contributed by atoms with Gasteiger partial charge in [0.25, 0.3) is 11.5 Å². The van der Waals surface area contributed by atoms with Crippen LogP contribution in [0, 0.1) is 6.92 Å². The van der Waals surface area contributed by atoms with E-state index in [0.29, 0.717) is 20.5 Å². The Morgan fingerprint density at radius 2 is 2.28 bits per heavy atom. The molecule has 94 valence electrons. The van der Waals surface area contributed by atoms with Gasteiger partial charge in [0.2, 0.25) is 0 Å². The van der Waals surface area contributed by atoms with Crippen molar-refractivity contribution in [2.45, 2.75) is 6.92 Å². The number of nitrogens with one attached hydrogen (secondary N) is 1. The van der Waals surface area contributed by atoms with Gasteiger partial charge in [0, 0.05) is 24.3 Å². The number of thiazole rings is 1. The van der Waals surface area contributed by atoms with Gasteiger partial charge in [-0.2, -0.15) is 4.99 Å². The monoisotopic (exact) mass is 327 g/mol. The Kier molecular flexibility index (Phi) is 3.63. The summed E-state index contributed by atoms with van der Waals surface area (Å²) in [6.45, 7) is 1.67. The van der Waals surface area contributed by atoms with E-state index in [-0.39, 0.29) is 11.5 Å². The molecule has 0 unspecified atom stereocenters. The molecule has 2 aromatic rings. The highest BCUT2D eigenvalue weighted by Crippen LogP contribution is 2.10. The van der Waals surface area contributed by atoms with Crippen molar-refractivity contribution >= 4 is 33.2 Å². The molecule has 0 spiro atoms. The third-order valence-electron chi connectivity index (χ3n) is 2.38. The molecule has 1 N–H and O–H groups in total. The molecule has 5 nitrogen and oxygen atoms in total. The van der Waals surface area contributed by atoms with Gasteiger partial charge in [0.05, 0.1) is 10.0 Å². The number of nitrogens with zero attached hydrogens (tertiary/aromatic N) is 2. The van der Waals surface area contributed by atoms with Gasteiger partial charge < -0.3 is 9.55 Å². The predicted octanol–water partition coefficient (Wildman–Crippen LogP) is 1.59. The summed E-state index contributed by atoms with van der Waals surface area (Å²) in [6, 6.07) is 1.49. The number of aromatic amines is 1. The summed E-state index contributed by atoms with van der Waals surface area (Å²) >= 11 is 4.48. The number of aryl methyl sites for hydroxylation is 2. The Hall–Kier alpha value is -1.47. The fourth-order valence-corrected chi connectivity index (χ4v) is 2.46. The normalized spacial score (nSPS) is 11.8. The lowest BCUT2D eigenvalue weighted by Crippen LogP contribution is -2.16. The molecule has 0 bridgehead atoms. The van der Waals surface area contributed by atoms with E-state index >= 15 is 0 Å². The van der Waals surface area contributed by atoms with E-state index in [0.717, 1.165) is 0 Å². The Bertz CT molecular complexity index is 726. The maximum absolute atomic E-state index is 12.0. The summed E-state index contributed by atoms with van der Waals surface area (Å²) < 4.78 is 2.08. The van der Waals surface area contributed by atoms with Crippen LogP contribution in [0.3, 0.4) is 0 Å². The van der Waals surface area contributed by atoms with E-state index in [1.54, 1.807) is 11.5 Å². The number of halogens is 1. The van der Waals surface area contributed by atoms with Crippen LogP contribution in [0.5, 0.6) is 0 Å². The number of rotatable bonds is 1. The maximum Gasteiger partial charge on any atom is 0.281 e. The van der Waals surface area contributed by atoms with Crippen molar-refractivity contribution in [1.29, 1.82) is 0 Å². The number of aromatic nitrogens is 2. The van der Waals surface area contributed by atoms with Crippen LogP contribution in [-0.4, -0.2) is 15.5 Å². The number of hydrogen-bond donors (Lipinski definition) is 1. The topological polar surface area (TPSA) is 67.2 Å². The Morgan fingerprint density at radius 1 is 1.56 bits per heavy atom. The molecule has 0 saturated carbocycles. The van der Waals surface area contributed by atoms with Crippen molar-refractivity contribution in [3.8, 4) is 0 Å². The molecule has 0 radical (unpaired) electrons. The number of carbonyl (C=O) groups excluding carboxylic acids is 1. The highest BCUT2D eigenvalue weighted by atomic mass is 79.9. The first-order valence-corrected chi connectivity index (χ1v) is 6.75. The Morgan fingerprint density at radius 3 is 2.89 bits per heavy atom. The molecule has 7 heteroatoms. The molecule has 0 saturated heterocycles. The van der Waals surface area contributed by atoms with E-state index in [1.165, 1.54) is 17.4 Å². The molecule has 2 heterocycles. The zero-order valence-electron chi connectivity index (χ0n) is 9.73. The summed E-state index contributed by atoms with van der Waals surface area (Å²) in [7, 11) is 1.82. The van der Waals surface area contributed by atoms with E-state index in [4.69, 9.17) is 0 Å². The van der Waals surface area contributed by atoms with E-state index in [2.05, 4.69) is 25.9 Å². The number of carbonyl (C=O) groups is 1. The predicted molar refractivity (Wildman–Crippen MR) is 72.7 cm³/mol. The third kappa shape index (κ3) is 2.51. The minimum atomic E-state index is -0.373. The number of H-pyrrole nitrogens is 1. The third-order valence-corrected chi connectivity index (χ3v) is 3.82. The quantitative estimate of drug-likeness (QED) is 0.864. The van der Waals surface area contributed by atoms with Crippen LogP contribution in [-0.2, 0) is 7.05 Å². The molecule has 18 heavy (non-hydrogen) atoms. The molecular formula is C11H10BrN3O2S. The van der Waals surface area contributed by atoms with Gasteiger partial charge in [-0.25, -0.2) is 0 Å². The lowest BCUT2D eigenvalue weighted by Gasteiger charge is -2.01. The number of amides is 1. The molecule has 0 aliphatic carbocycles. The minimum absolute atomic E-state index is 0.259. The van der Waals surface area contributed by atoms with Gasteiger partial charge >= 0.3 is 0 Å². The van der Waals surface area contributed by atoms with Crippen molar-refractivity contribution in [2.24, 2.45) is 12.0 Å². The van der Waals surface area contributed by atoms with Crippen molar-refractivity contribution in [3.05, 3.63) is 48.5 Å². The fourth-order valence-electron chi connectivity index (χ4n) is 1.40. The van der Waals surface area contributed by atoms with Gasteiger partial charge in [0.1, 0.15) is 0 Å². The van der Waals surface area contributed by atoms with E-state index in [9.17, 15) is 9.59 Å². The molecular weight excluding hydrogens is 318 g/mol. The van der Waals surface area contributed by atoms with Gasteiger partial charge in [-0.1, -0.05) is 0 Å². The second kappa shape index (κ2) is 5.03. The summed E-state index contributed by atoms with van der Waals surface area (Å²) in [5.74, 6) is -0.373. The highest BCUT2D eigenvalue weighted by Gasteiger charge is 2.11. The summed E-state index contributed by atoms with van der Waals surface area (Å²) in [6.07, 6.45) is 1.83. The summed E-state index contributed by atoms with van der Waals surface area (Å²) in [4.78, 5) is 30.6. The lowest BCUT2D eigenvalue weighted by atomic mass is 10.2. The highest BCUT2D eigenvalue weighted by molar-refractivity contribution is 9.10. The molecule has 0 aliphatic rings. The smallest absolute Gasteiger partial charge is 0.281 e. The molecule has 0 aromatic carbocycles. The molecule has 0 atom stereocenters. The van der Waals surface area contributed by atoms with Crippen LogP contribution in [0.1, 0.15) is 16.1 Å². The largest absolute Gasteiger partial charge is 0.327 e. The van der Waals surface area contributed by atoms with Crippen LogP contribution in [0.4, 0.5) is 0 Å². The van der Waals surface area contributed by atoms with Crippen LogP contribution in [0.15, 0.2) is 31.9 Å². The number of pyridine rings is 1. The maximum atomic E-state index is 12.0. The average molecular weight is 328 g/mol. The first-order chi connectivity index (χ1) is 8.49. The second-order valence-corrected chi connectivity index (χ2v) is 5.43. The van der Waals surface area contributed by atoms with E-state index < -0.39 is 0 Å². The van der Waals surface area contributed by atoms with Crippen LogP contribution < -0.4 is 10.4 Å². The summed E-state index contributed by atoms with van der Waals surface area (Å²) in [5, 5.41) is 1.85. The molecule has 2 aromatic heterocycles.